The highest BCUT2D eigenvalue weighted by Gasteiger charge is 1.99. The molecule has 2 rings (SSSR count). The third-order valence-corrected chi connectivity index (χ3v) is 1.60. The van der Waals surface area contributed by atoms with E-state index in [4.69, 9.17) is 0 Å². The molecule has 0 unspecified atom stereocenters. The molecule has 0 radical (unpaired) electrons. The van der Waals surface area contributed by atoms with Crippen molar-refractivity contribution in [1.29, 1.82) is 0 Å². The van der Waals surface area contributed by atoms with Gasteiger partial charge < -0.3 is 0 Å². The Hall–Kier alpha value is -1.45. The van der Waals surface area contributed by atoms with Gasteiger partial charge in [0.15, 0.2) is 5.65 Å². The number of aryl methyl sites for hydroxylation is 1. The van der Waals surface area contributed by atoms with Crippen LogP contribution in [0.5, 0.6) is 0 Å². The smallest absolute Gasteiger partial charge is 0.179 e. The summed E-state index contributed by atoms with van der Waals surface area (Å²) in [6.07, 6.45) is 6.20. The first-order valence-corrected chi connectivity index (χ1v) is 3.55. The maximum Gasteiger partial charge on any atom is 0.179 e. The van der Waals surface area contributed by atoms with Crippen LogP contribution in [0.2, 0.25) is 0 Å². The summed E-state index contributed by atoms with van der Waals surface area (Å²) in [7, 11) is 0. The summed E-state index contributed by atoms with van der Waals surface area (Å²) < 4.78 is 1.94. The maximum atomic E-state index is 3.99. The third kappa shape index (κ3) is 0.869. The Kier molecular flexibility index (Phi) is 1.31. The van der Waals surface area contributed by atoms with Gasteiger partial charge >= 0.3 is 0 Å². The fraction of sp³-hybridized carbons (Fsp3) is 0.286. The molecule has 0 amide bonds. The molecular formula is C7H8N4. The Morgan fingerprint density at radius 1 is 1.45 bits per heavy atom. The molecule has 0 atom stereocenters. The van der Waals surface area contributed by atoms with Crippen molar-refractivity contribution in [2.75, 3.05) is 0 Å². The van der Waals surface area contributed by atoms with Gasteiger partial charge in [0.2, 0.25) is 0 Å². The summed E-state index contributed by atoms with van der Waals surface area (Å²) >= 11 is 0. The number of fused-ring (bicyclic) bond motifs is 1. The van der Waals surface area contributed by atoms with E-state index in [9.17, 15) is 0 Å². The van der Waals surface area contributed by atoms with Crippen LogP contribution in [0.4, 0.5) is 0 Å². The Morgan fingerprint density at radius 2 is 2.36 bits per heavy atom. The largest absolute Gasteiger partial charge is 0.284 e. The summed E-state index contributed by atoms with van der Waals surface area (Å²) in [5.74, 6) is 0.974. The van der Waals surface area contributed by atoms with Gasteiger partial charge in [-0.1, -0.05) is 6.92 Å². The minimum atomic E-state index is 0.810. The molecule has 2 aromatic rings. The molecule has 0 aliphatic carbocycles. The first-order chi connectivity index (χ1) is 5.42. The third-order valence-electron chi connectivity index (χ3n) is 1.60. The summed E-state index contributed by atoms with van der Waals surface area (Å²) in [6.45, 7) is 2.05. The number of nitrogens with zero attached hydrogens (tertiary/aromatic N) is 4. The lowest BCUT2D eigenvalue weighted by molar-refractivity contribution is 0.906. The van der Waals surface area contributed by atoms with Gasteiger partial charge in [-0.3, -0.25) is 9.38 Å². The van der Waals surface area contributed by atoms with Crippen molar-refractivity contribution in [1.82, 2.24) is 19.6 Å². The fourth-order valence-electron chi connectivity index (χ4n) is 1.04. The number of rotatable bonds is 1. The summed E-state index contributed by atoms with van der Waals surface area (Å²) in [5.41, 5.74) is 0.810. The molecule has 0 bridgehead atoms. The van der Waals surface area contributed by atoms with Crippen molar-refractivity contribution in [2.24, 2.45) is 0 Å². The van der Waals surface area contributed by atoms with Crippen LogP contribution in [0.1, 0.15) is 12.7 Å². The summed E-state index contributed by atoms with van der Waals surface area (Å²) in [4.78, 5) is 3.94. The molecule has 2 heterocycles. The van der Waals surface area contributed by atoms with Crippen molar-refractivity contribution >= 4 is 5.65 Å². The standard InChI is InChI=1S/C7H8N4/c1-2-6-9-10-7-5-8-3-4-11(6)7/h3-5H,2H2,1H3. The molecular weight excluding hydrogens is 140 g/mol. The predicted octanol–water partition coefficient (Wildman–Crippen LogP) is 0.687. The zero-order chi connectivity index (χ0) is 7.68. The van der Waals surface area contributed by atoms with Crippen molar-refractivity contribution in [3.63, 3.8) is 0 Å². The van der Waals surface area contributed by atoms with Crippen molar-refractivity contribution in [2.45, 2.75) is 13.3 Å². The second kappa shape index (κ2) is 2.30. The topological polar surface area (TPSA) is 43.1 Å². The lowest BCUT2D eigenvalue weighted by atomic mass is 10.4. The van der Waals surface area contributed by atoms with E-state index in [2.05, 4.69) is 22.1 Å². The Labute approximate surface area is 63.9 Å². The molecule has 11 heavy (non-hydrogen) atoms. The van der Waals surface area contributed by atoms with Crippen LogP contribution in [0.25, 0.3) is 5.65 Å². The monoisotopic (exact) mass is 148 g/mol. The molecule has 0 saturated carbocycles. The van der Waals surface area contributed by atoms with Crippen LogP contribution < -0.4 is 0 Å². The quantitative estimate of drug-likeness (QED) is 0.597. The molecule has 0 saturated heterocycles. The van der Waals surface area contributed by atoms with Crippen LogP contribution in [-0.2, 0) is 6.42 Å². The molecule has 0 spiro atoms. The molecule has 56 valence electrons. The normalized spacial score (nSPS) is 10.6. The zero-order valence-electron chi connectivity index (χ0n) is 6.23. The van der Waals surface area contributed by atoms with Gasteiger partial charge in [-0.05, 0) is 0 Å². The SMILES string of the molecule is CCc1nnc2cnccn12. The highest BCUT2D eigenvalue weighted by atomic mass is 15.2. The van der Waals surface area contributed by atoms with Gasteiger partial charge in [0, 0.05) is 18.8 Å². The van der Waals surface area contributed by atoms with Gasteiger partial charge in [0.05, 0.1) is 6.20 Å². The van der Waals surface area contributed by atoms with Crippen molar-refractivity contribution in [3.8, 4) is 0 Å². The Bertz CT molecular complexity index is 365. The molecule has 0 fully saturated rings. The van der Waals surface area contributed by atoms with Crippen molar-refractivity contribution < 1.29 is 0 Å². The Balaban J connectivity index is 2.76. The average Bonchev–Trinajstić information content (AvgIpc) is 2.47. The van der Waals surface area contributed by atoms with Gasteiger partial charge in [-0.15, -0.1) is 10.2 Å². The second-order valence-corrected chi connectivity index (χ2v) is 2.27. The van der Waals surface area contributed by atoms with Crippen LogP contribution in [-0.4, -0.2) is 19.6 Å². The van der Waals surface area contributed by atoms with Crippen LogP contribution in [0.3, 0.4) is 0 Å². The molecule has 0 aromatic carbocycles. The molecule has 4 nitrogen and oxygen atoms in total. The zero-order valence-corrected chi connectivity index (χ0v) is 6.23. The van der Waals surface area contributed by atoms with Gasteiger partial charge in [-0.2, -0.15) is 0 Å². The first kappa shape index (κ1) is 6.27. The molecule has 0 aliphatic heterocycles. The first-order valence-electron chi connectivity index (χ1n) is 3.55. The second-order valence-electron chi connectivity index (χ2n) is 2.27. The van der Waals surface area contributed by atoms with E-state index in [0.29, 0.717) is 0 Å². The predicted molar refractivity (Wildman–Crippen MR) is 40.2 cm³/mol. The van der Waals surface area contributed by atoms with Crippen LogP contribution >= 0.6 is 0 Å². The minimum Gasteiger partial charge on any atom is -0.284 e. The average molecular weight is 148 g/mol. The van der Waals surface area contributed by atoms with Gasteiger partial charge in [-0.25, -0.2) is 0 Å². The molecule has 2 aromatic heterocycles. The number of hydrogen-bond donors (Lipinski definition) is 0. The summed E-state index contributed by atoms with van der Waals surface area (Å²) in [5, 5.41) is 7.93. The highest BCUT2D eigenvalue weighted by molar-refractivity contribution is 5.33. The van der Waals surface area contributed by atoms with Crippen molar-refractivity contribution in [3.05, 3.63) is 24.4 Å². The van der Waals surface area contributed by atoms with E-state index in [0.717, 1.165) is 17.9 Å². The van der Waals surface area contributed by atoms with E-state index in [-0.39, 0.29) is 0 Å². The lowest BCUT2D eigenvalue weighted by Crippen LogP contribution is -1.91. The lowest BCUT2D eigenvalue weighted by Gasteiger charge is -1.92. The van der Waals surface area contributed by atoms with Gasteiger partial charge in [0.25, 0.3) is 0 Å². The van der Waals surface area contributed by atoms with E-state index >= 15 is 0 Å². The minimum absolute atomic E-state index is 0.810. The van der Waals surface area contributed by atoms with Crippen LogP contribution in [0.15, 0.2) is 18.6 Å². The van der Waals surface area contributed by atoms with E-state index in [1.807, 2.05) is 10.6 Å². The molecule has 0 N–H and O–H groups in total. The summed E-state index contributed by atoms with van der Waals surface area (Å²) in [6, 6.07) is 0. The van der Waals surface area contributed by atoms with E-state index in [1.165, 1.54) is 0 Å². The van der Waals surface area contributed by atoms with E-state index in [1.54, 1.807) is 12.4 Å². The molecule has 0 aliphatic rings. The van der Waals surface area contributed by atoms with E-state index < -0.39 is 0 Å². The highest BCUT2D eigenvalue weighted by Crippen LogP contribution is 2.00. The van der Waals surface area contributed by atoms with Gasteiger partial charge in [0.1, 0.15) is 5.82 Å². The maximum absolute atomic E-state index is 3.99. The molecule has 4 heteroatoms. The Morgan fingerprint density at radius 3 is 3.18 bits per heavy atom. The van der Waals surface area contributed by atoms with Crippen LogP contribution in [0, 0.1) is 0 Å². The number of aromatic nitrogens is 4. The number of hydrogen-bond acceptors (Lipinski definition) is 3. The fourth-order valence-corrected chi connectivity index (χ4v) is 1.04.